The Hall–Kier alpha value is -1.77. The molecule has 0 aliphatic carbocycles. The van der Waals surface area contributed by atoms with E-state index < -0.39 is 0 Å². The second-order valence-electron chi connectivity index (χ2n) is 5.36. The molecule has 0 saturated heterocycles. The summed E-state index contributed by atoms with van der Waals surface area (Å²) in [6, 6.07) is 14.3. The maximum Gasteiger partial charge on any atom is 0.137 e. The molecule has 0 saturated carbocycles. The summed E-state index contributed by atoms with van der Waals surface area (Å²) >= 11 is 6.05. The van der Waals surface area contributed by atoms with E-state index in [1.54, 1.807) is 0 Å². The van der Waals surface area contributed by atoms with Gasteiger partial charge < -0.3 is 9.73 Å². The van der Waals surface area contributed by atoms with Gasteiger partial charge in [-0.2, -0.15) is 0 Å². The van der Waals surface area contributed by atoms with Crippen LogP contribution in [0.3, 0.4) is 0 Å². The Morgan fingerprint density at radius 3 is 2.52 bits per heavy atom. The van der Waals surface area contributed by atoms with Crippen molar-refractivity contribution in [2.75, 3.05) is 7.05 Å². The second-order valence-corrected chi connectivity index (χ2v) is 5.80. The van der Waals surface area contributed by atoms with Crippen LogP contribution in [-0.2, 0) is 0 Å². The Bertz CT molecular complexity index is 791. The Kier molecular flexibility index (Phi) is 3.75. The summed E-state index contributed by atoms with van der Waals surface area (Å²) in [4.78, 5) is 0. The molecule has 1 unspecified atom stereocenters. The van der Waals surface area contributed by atoms with E-state index in [-0.39, 0.29) is 6.04 Å². The molecule has 3 rings (SSSR count). The summed E-state index contributed by atoms with van der Waals surface area (Å²) in [6.07, 6.45) is 0. The molecular formula is C18H18ClNO. The molecule has 0 radical (unpaired) electrons. The average molecular weight is 300 g/mol. The lowest BCUT2D eigenvalue weighted by Gasteiger charge is -2.16. The fourth-order valence-electron chi connectivity index (χ4n) is 2.79. The van der Waals surface area contributed by atoms with Crippen molar-refractivity contribution in [3.63, 3.8) is 0 Å². The average Bonchev–Trinajstić information content (AvgIpc) is 2.87. The first-order valence-corrected chi connectivity index (χ1v) is 7.40. The summed E-state index contributed by atoms with van der Waals surface area (Å²) < 4.78 is 6.10. The smallest absolute Gasteiger partial charge is 0.137 e. The van der Waals surface area contributed by atoms with Crippen molar-refractivity contribution < 1.29 is 4.42 Å². The molecule has 2 aromatic carbocycles. The fourth-order valence-corrected chi connectivity index (χ4v) is 3.01. The molecule has 0 amide bonds. The molecule has 0 bridgehead atoms. The van der Waals surface area contributed by atoms with Crippen LogP contribution in [0.4, 0.5) is 0 Å². The van der Waals surface area contributed by atoms with Gasteiger partial charge in [0.1, 0.15) is 11.3 Å². The van der Waals surface area contributed by atoms with Gasteiger partial charge in [-0.05, 0) is 55.8 Å². The van der Waals surface area contributed by atoms with Crippen LogP contribution in [0.2, 0.25) is 5.02 Å². The Balaban J connectivity index is 2.11. The van der Waals surface area contributed by atoms with Crippen molar-refractivity contribution in [3.05, 3.63) is 69.9 Å². The number of aryl methyl sites for hydroxylation is 2. The minimum atomic E-state index is 0.0223. The first-order valence-electron chi connectivity index (χ1n) is 7.02. The van der Waals surface area contributed by atoms with E-state index in [1.165, 1.54) is 5.56 Å². The van der Waals surface area contributed by atoms with E-state index in [9.17, 15) is 0 Å². The molecule has 1 N–H and O–H groups in total. The molecule has 21 heavy (non-hydrogen) atoms. The van der Waals surface area contributed by atoms with E-state index in [4.69, 9.17) is 16.0 Å². The highest BCUT2D eigenvalue weighted by atomic mass is 35.5. The van der Waals surface area contributed by atoms with Gasteiger partial charge in [0.05, 0.1) is 6.04 Å². The lowest BCUT2D eigenvalue weighted by molar-refractivity contribution is 0.489. The highest BCUT2D eigenvalue weighted by molar-refractivity contribution is 6.30. The normalized spacial score (nSPS) is 12.8. The zero-order chi connectivity index (χ0) is 15.0. The van der Waals surface area contributed by atoms with E-state index in [2.05, 4.69) is 49.5 Å². The van der Waals surface area contributed by atoms with Gasteiger partial charge in [-0.15, -0.1) is 0 Å². The van der Waals surface area contributed by atoms with Gasteiger partial charge >= 0.3 is 0 Å². The molecule has 1 aromatic heterocycles. The molecule has 0 fully saturated rings. The van der Waals surface area contributed by atoms with Gasteiger partial charge in [-0.25, -0.2) is 0 Å². The van der Waals surface area contributed by atoms with Gasteiger partial charge in [-0.1, -0.05) is 35.9 Å². The fraction of sp³-hybridized carbons (Fsp3) is 0.222. The van der Waals surface area contributed by atoms with Crippen LogP contribution in [-0.4, -0.2) is 7.05 Å². The quantitative estimate of drug-likeness (QED) is 0.735. The number of fused-ring (bicyclic) bond motifs is 1. The van der Waals surface area contributed by atoms with Gasteiger partial charge in [0, 0.05) is 10.4 Å². The summed E-state index contributed by atoms with van der Waals surface area (Å²) in [5.74, 6) is 0.923. The molecule has 1 heterocycles. The summed E-state index contributed by atoms with van der Waals surface area (Å²) in [7, 11) is 1.94. The number of hydrogen-bond donors (Lipinski definition) is 1. The van der Waals surface area contributed by atoms with Crippen LogP contribution in [0.25, 0.3) is 11.0 Å². The lowest BCUT2D eigenvalue weighted by atomic mass is 9.99. The third-order valence-corrected chi connectivity index (χ3v) is 4.11. The Morgan fingerprint density at radius 2 is 1.86 bits per heavy atom. The van der Waals surface area contributed by atoms with Gasteiger partial charge in [0.25, 0.3) is 0 Å². The second kappa shape index (κ2) is 5.55. The van der Waals surface area contributed by atoms with E-state index >= 15 is 0 Å². The topological polar surface area (TPSA) is 25.2 Å². The van der Waals surface area contributed by atoms with E-state index in [0.717, 1.165) is 32.9 Å². The van der Waals surface area contributed by atoms with Crippen molar-refractivity contribution in [3.8, 4) is 0 Å². The molecular weight excluding hydrogens is 282 g/mol. The first-order chi connectivity index (χ1) is 10.1. The van der Waals surface area contributed by atoms with Crippen LogP contribution in [0.1, 0.15) is 28.5 Å². The highest BCUT2D eigenvalue weighted by Gasteiger charge is 2.19. The largest absolute Gasteiger partial charge is 0.459 e. The molecule has 3 aromatic rings. The third kappa shape index (κ3) is 2.57. The van der Waals surface area contributed by atoms with E-state index in [0.29, 0.717) is 0 Å². The maximum atomic E-state index is 6.10. The van der Waals surface area contributed by atoms with Crippen LogP contribution < -0.4 is 5.32 Å². The zero-order valence-electron chi connectivity index (χ0n) is 12.4. The standard InChI is InChI=1S/C18H18ClNO/c1-11-5-4-6-13-10-16(21-18(11)13)17(20-3)15-8-7-14(19)9-12(15)2/h4-10,17,20H,1-3H3. The molecule has 108 valence electrons. The predicted octanol–water partition coefficient (Wildman–Crippen LogP) is 5.01. The molecule has 0 spiro atoms. The monoisotopic (exact) mass is 299 g/mol. The van der Waals surface area contributed by atoms with Crippen molar-refractivity contribution in [1.29, 1.82) is 0 Å². The van der Waals surface area contributed by atoms with Crippen LogP contribution in [0.5, 0.6) is 0 Å². The van der Waals surface area contributed by atoms with Gasteiger partial charge in [-0.3, -0.25) is 0 Å². The van der Waals surface area contributed by atoms with Crippen LogP contribution >= 0.6 is 11.6 Å². The summed E-state index contributed by atoms with van der Waals surface area (Å²) in [6.45, 7) is 4.14. The van der Waals surface area contributed by atoms with Gasteiger partial charge in [0.2, 0.25) is 0 Å². The molecule has 0 aliphatic rings. The molecule has 2 nitrogen and oxygen atoms in total. The Labute approximate surface area is 129 Å². The van der Waals surface area contributed by atoms with Crippen molar-refractivity contribution in [2.24, 2.45) is 0 Å². The van der Waals surface area contributed by atoms with E-state index in [1.807, 2.05) is 19.2 Å². The number of hydrogen-bond acceptors (Lipinski definition) is 2. The molecule has 1 atom stereocenters. The molecule has 0 aliphatic heterocycles. The Morgan fingerprint density at radius 1 is 1.05 bits per heavy atom. The molecule has 3 heteroatoms. The number of halogens is 1. The highest BCUT2D eigenvalue weighted by Crippen LogP contribution is 2.31. The number of nitrogens with one attached hydrogen (secondary N) is 1. The maximum absolute atomic E-state index is 6.10. The van der Waals surface area contributed by atoms with Crippen molar-refractivity contribution >= 4 is 22.6 Å². The van der Waals surface area contributed by atoms with Crippen molar-refractivity contribution in [2.45, 2.75) is 19.9 Å². The number of rotatable bonds is 3. The third-order valence-electron chi connectivity index (χ3n) is 3.88. The van der Waals surface area contributed by atoms with Crippen LogP contribution in [0, 0.1) is 13.8 Å². The minimum Gasteiger partial charge on any atom is -0.459 e. The summed E-state index contributed by atoms with van der Waals surface area (Å²) in [5.41, 5.74) is 4.44. The predicted molar refractivity (Wildman–Crippen MR) is 88.0 cm³/mol. The van der Waals surface area contributed by atoms with Gasteiger partial charge in [0.15, 0.2) is 0 Å². The first kappa shape index (κ1) is 14.2. The van der Waals surface area contributed by atoms with Crippen molar-refractivity contribution in [1.82, 2.24) is 5.32 Å². The number of furan rings is 1. The minimum absolute atomic E-state index is 0.0223. The lowest BCUT2D eigenvalue weighted by Crippen LogP contribution is -2.18. The zero-order valence-corrected chi connectivity index (χ0v) is 13.2. The van der Waals surface area contributed by atoms with Crippen LogP contribution in [0.15, 0.2) is 46.9 Å². The number of para-hydroxylation sites is 1. The summed E-state index contributed by atoms with van der Waals surface area (Å²) in [5, 5.41) is 5.23. The SMILES string of the molecule is CNC(c1cc2cccc(C)c2o1)c1ccc(Cl)cc1C. The number of benzene rings is 2.